The molecule has 3 atom stereocenters. The van der Waals surface area contributed by atoms with E-state index in [2.05, 4.69) is 10.6 Å². The van der Waals surface area contributed by atoms with Gasteiger partial charge in [-0.25, -0.2) is 0 Å². The average Bonchev–Trinajstić information content (AvgIpc) is 2.73. The summed E-state index contributed by atoms with van der Waals surface area (Å²) in [4.78, 5) is 16.8. The Bertz CT molecular complexity index is 375. The predicted octanol–water partition coefficient (Wildman–Crippen LogP) is 2.15. The Hall–Kier alpha value is -0.710. The van der Waals surface area contributed by atoms with E-state index in [9.17, 15) is 4.79 Å². The first kappa shape index (κ1) is 14.7. The van der Waals surface area contributed by atoms with E-state index in [1.807, 2.05) is 27.7 Å². The molecule has 0 aromatic heterocycles. The van der Waals surface area contributed by atoms with Crippen LogP contribution in [0.4, 0.5) is 0 Å². The molecule has 1 heterocycles. The number of nitrogens with one attached hydrogen (secondary N) is 2. The lowest BCUT2D eigenvalue weighted by Gasteiger charge is -2.27. The van der Waals surface area contributed by atoms with Gasteiger partial charge in [0, 0.05) is 11.3 Å². The first-order chi connectivity index (χ1) is 8.85. The smallest absolute Gasteiger partial charge is 0.242 e. The summed E-state index contributed by atoms with van der Waals surface area (Å²) in [6.45, 7) is 7.87. The van der Waals surface area contributed by atoms with Gasteiger partial charge in [0.15, 0.2) is 5.17 Å². The lowest BCUT2D eigenvalue weighted by atomic mass is 10.1. The molecule has 1 saturated carbocycles. The molecule has 1 aliphatic carbocycles. The summed E-state index contributed by atoms with van der Waals surface area (Å²) in [5.74, 6) is 1.93. The van der Waals surface area contributed by atoms with E-state index < -0.39 is 0 Å². The average molecular weight is 283 g/mol. The number of fused-ring (bicyclic) bond motifs is 1. The summed E-state index contributed by atoms with van der Waals surface area (Å²) in [6.07, 6.45) is 3.82. The van der Waals surface area contributed by atoms with Crippen LogP contribution in [-0.2, 0) is 4.79 Å². The first-order valence-electron chi connectivity index (χ1n) is 7.14. The van der Waals surface area contributed by atoms with Crippen molar-refractivity contribution in [2.24, 2.45) is 10.9 Å². The van der Waals surface area contributed by atoms with Crippen molar-refractivity contribution in [2.75, 3.05) is 5.75 Å². The Morgan fingerprint density at radius 1 is 1.42 bits per heavy atom. The number of carbonyl (C=O) groups excluding carboxylic acids is 1. The van der Waals surface area contributed by atoms with Gasteiger partial charge >= 0.3 is 0 Å². The van der Waals surface area contributed by atoms with Crippen LogP contribution >= 0.6 is 11.8 Å². The van der Waals surface area contributed by atoms with Crippen molar-refractivity contribution in [3.63, 3.8) is 0 Å². The Balaban J connectivity index is 1.88. The fourth-order valence-electron chi connectivity index (χ4n) is 2.56. The maximum atomic E-state index is 12.0. The van der Waals surface area contributed by atoms with Crippen LogP contribution in [0.25, 0.3) is 0 Å². The largest absolute Gasteiger partial charge is 0.353 e. The third-order valence-electron chi connectivity index (χ3n) is 3.57. The second-order valence-electron chi connectivity index (χ2n) is 6.61. The van der Waals surface area contributed by atoms with Gasteiger partial charge in [0.2, 0.25) is 5.91 Å². The monoisotopic (exact) mass is 283 g/mol. The second kappa shape index (κ2) is 5.73. The van der Waals surface area contributed by atoms with Crippen LogP contribution in [0.1, 0.15) is 47.0 Å². The molecule has 1 amide bonds. The van der Waals surface area contributed by atoms with Gasteiger partial charge in [-0.15, -0.1) is 0 Å². The van der Waals surface area contributed by atoms with E-state index in [0.29, 0.717) is 6.04 Å². The molecular weight excluding hydrogens is 258 g/mol. The Kier molecular flexibility index (Phi) is 4.43. The van der Waals surface area contributed by atoms with Crippen molar-refractivity contribution in [3.8, 4) is 0 Å². The summed E-state index contributed by atoms with van der Waals surface area (Å²) < 4.78 is 0. The van der Waals surface area contributed by atoms with Crippen LogP contribution < -0.4 is 10.6 Å². The van der Waals surface area contributed by atoms with Crippen molar-refractivity contribution in [2.45, 2.75) is 64.6 Å². The minimum Gasteiger partial charge on any atom is -0.353 e. The highest BCUT2D eigenvalue weighted by molar-refractivity contribution is 8.13. The molecule has 0 radical (unpaired) electrons. The number of hydrogen-bond donors (Lipinski definition) is 2. The molecule has 19 heavy (non-hydrogen) atoms. The Morgan fingerprint density at radius 2 is 2.16 bits per heavy atom. The van der Waals surface area contributed by atoms with Gasteiger partial charge in [-0.3, -0.25) is 9.79 Å². The molecule has 5 heteroatoms. The number of hydrogen-bond acceptors (Lipinski definition) is 4. The lowest BCUT2D eigenvalue weighted by Crippen LogP contribution is -2.51. The van der Waals surface area contributed by atoms with Crippen molar-refractivity contribution in [1.29, 1.82) is 0 Å². The van der Waals surface area contributed by atoms with E-state index in [1.165, 1.54) is 19.3 Å². The maximum absolute atomic E-state index is 12.0. The van der Waals surface area contributed by atoms with Crippen LogP contribution in [0.5, 0.6) is 0 Å². The van der Waals surface area contributed by atoms with Crippen molar-refractivity contribution < 1.29 is 4.79 Å². The normalized spacial score (nSPS) is 28.3. The summed E-state index contributed by atoms with van der Waals surface area (Å²) in [6, 6.07) is 0.255. The molecule has 1 aliphatic heterocycles. The molecule has 2 N–H and O–H groups in total. The fourth-order valence-corrected chi connectivity index (χ4v) is 3.79. The number of nitrogens with zero attached hydrogens (tertiary/aromatic N) is 1. The van der Waals surface area contributed by atoms with Crippen LogP contribution in [0.15, 0.2) is 4.99 Å². The van der Waals surface area contributed by atoms with Crippen molar-refractivity contribution >= 4 is 22.8 Å². The van der Waals surface area contributed by atoms with Crippen LogP contribution in [0, 0.1) is 5.92 Å². The molecular formula is C14H25N3OS. The van der Waals surface area contributed by atoms with E-state index in [-0.39, 0.29) is 17.5 Å². The van der Waals surface area contributed by atoms with Crippen LogP contribution in [0.2, 0.25) is 0 Å². The van der Waals surface area contributed by atoms with Gasteiger partial charge in [0.1, 0.15) is 6.04 Å². The summed E-state index contributed by atoms with van der Waals surface area (Å²) in [5.41, 5.74) is -0.189. The third-order valence-corrected chi connectivity index (χ3v) is 4.66. The third kappa shape index (κ3) is 4.13. The maximum Gasteiger partial charge on any atom is 0.242 e. The molecule has 108 valence electrons. The van der Waals surface area contributed by atoms with E-state index in [4.69, 9.17) is 4.99 Å². The van der Waals surface area contributed by atoms with Gasteiger partial charge in [0.05, 0.1) is 6.04 Å². The molecule has 4 nitrogen and oxygen atoms in total. The van der Waals surface area contributed by atoms with Crippen LogP contribution in [0.3, 0.4) is 0 Å². The standard InChI is InChI=1S/C14H25N3OS/c1-9(12(18)17-14(2,3)4)15-13-16-11-7-5-6-10(11)8-19-13/h9-11H,5-8H2,1-4H3,(H,15,16)(H,17,18). The quantitative estimate of drug-likeness (QED) is 0.816. The van der Waals surface area contributed by atoms with E-state index in [0.717, 1.165) is 16.8 Å². The van der Waals surface area contributed by atoms with Gasteiger partial charge < -0.3 is 10.6 Å². The van der Waals surface area contributed by atoms with Gasteiger partial charge in [-0.05, 0) is 46.5 Å². The highest BCUT2D eigenvalue weighted by atomic mass is 32.2. The number of carbonyl (C=O) groups is 1. The fraction of sp³-hybridized carbons (Fsp3) is 0.857. The molecule has 0 bridgehead atoms. The SMILES string of the molecule is CC(NC1=NC2CCCC2CS1)C(=O)NC(C)(C)C. The number of thioether (sulfide) groups is 1. The number of rotatable bonds is 2. The van der Waals surface area contributed by atoms with E-state index in [1.54, 1.807) is 11.8 Å². The van der Waals surface area contributed by atoms with Gasteiger partial charge in [-0.1, -0.05) is 18.2 Å². The Labute approximate surface area is 120 Å². The summed E-state index contributed by atoms with van der Waals surface area (Å²) >= 11 is 1.76. The predicted molar refractivity (Wildman–Crippen MR) is 81.5 cm³/mol. The zero-order valence-corrected chi connectivity index (χ0v) is 13.1. The van der Waals surface area contributed by atoms with Crippen molar-refractivity contribution in [3.05, 3.63) is 0 Å². The molecule has 0 aromatic rings. The molecule has 3 unspecified atom stereocenters. The minimum absolute atomic E-state index is 0.0318. The van der Waals surface area contributed by atoms with Crippen molar-refractivity contribution in [1.82, 2.24) is 10.6 Å². The second-order valence-corrected chi connectivity index (χ2v) is 7.62. The van der Waals surface area contributed by atoms with Gasteiger partial charge in [-0.2, -0.15) is 0 Å². The minimum atomic E-state index is -0.233. The first-order valence-corrected chi connectivity index (χ1v) is 8.13. The number of amidine groups is 1. The number of aliphatic imine (C=N–C) groups is 1. The highest BCUT2D eigenvalue weighted by Crippen LogP contribution is 2.35. The molecule has 0 spiro atoms. The highest BCUT2D eigenvalue weighted by Gasteiger charge is 2.31. The Morgan fingerprint density at radius 3 is 2.84 bits per heavy atom. The van der Waals surface area contributed by atoms with Gasteiger partial charge in [0.25, 0.3) is 0 Å². The summed E-state index contributed by atoms with van der Waals surface area (Å²) in [7, 11) is 0. The molecule has 1 fully saturated rings. The number of amides is 1. The molecule has 0 saturated heterocycles. The topological polar surface area (TPSA) is 53.5 Å². The lowest BCUT2D eigenvalue weighted by molar-refractivity contribution is -0.123. The molecule has 2 aliphatic rings. The zero-order chi connectivity index (χ0) is 14.0. The van der Waals surface area contributed by atoms with Crippen LogP contribution in [-0.4, -0.2) is 34.5 Å². The summed E-state index contributed by atoms with van der Waals surface area (Å²) in [5, 5.41) is 7.19. The van der Waals surface area contributed by atoms with E-state index >= 15 is 0 Å². The zero-order valence-electron chi connectivity index (χ0n) is 12.3. The molecule has 2 rings (SSSR count). The molecule has 0 aromatic carbocycles.